The van der Waals surface area contributed by atoms with E-state index in [2.05, 4.69) is 16.0 Å². The second-order valence-corrected chi connectivity index (χ2v) is 10.7. The van der Waals surface area contributed by atoms with Crippen LogP contribution in [0, 0.1) is 11.8 Å². The van der Waals surface area contributed by atoms with Crippen molar-refractivity contribution in [3.8, 4) is 11.1 Å². The third kappa shape index (κ3) is 7.44. The first-order valence-electron chi connectivity index (χ1n) is 13.8. The lowest BCUT2D eigenvalue weighted by molar-refractivity contribution is -0.149. The number of carboxylic acids is 1. The van der Waals surface area contributed by atoms with Gasteiger partial charge in [0.15, 0.2) is 0 Å². The molecule has 4 rings (SSSR count). The first kappa shape index (κ1) is 28.3. The number of carbonyl (C=O) groups is 4. The van der Waals surface area contributed by atoms with E-state index in [-0.39, 0.29) is 18.0 Å². The van der Waals surface area contributed by atoms with E-state index in [1.54, 1.807) is 29.2 Å². The van der Waals surface area contributed by atoms with Crippen LogP contribution in [0.1, 0.15) is 55.8 Å². The average Bonchev–Trinajstić information content (AvgIpc) is 2.97. The maximum Gasteiger partial charge on any atom is 0.350 e. The van der Waals surface area contributed by atoms with Crippen LogP contribution in [0.15, 0.2) is 54.6 Å². The molecular weight excluding hydrogens is 496 g/mol. The zero-order valence-corrected chi connectivity index (χ0v) is 22.4. The normalized spacial score (nSPS) is 19.5. The number of hydrogen-bond donors (Lipinski definition) is 4. The molecule has 2 aromatic rings. The smallest absolute Gasteiger partial charge is 0.350 e. The summed E-state index contributed by atoms with van der Waals surface area (Å²) in [6, 6.07) is 16.5. The Hall–Kier alpha value is -3.72. The number of amides is 3. The summed E-state index contributed by atoms with van der Waals surface area (Å²) in [5, 5.41) is 18.2. The number of aliphatic carboxylic acids is 1. The molecule has 0 bridgehead atoms. The molecule has 0 saturated carbocycles. The van der Waals surface area contributed by atoms with Gasteiger partial charge in [-0.25, -0.2) is 4.79 Å². The Morgan fingerprint density at radius 1 is 0.949 bits per heavy atom. The van der Waals surface area contributed by atoms with Gasteiger partial charge in [-0.15, -0.1) is 0 Å². The highest BCUT2D eigenvalue weighted by atomic mass is 16.4. The summed E-state index contributed by atoms with van der Waals surface area (Å²) >= 11 is 0. The third-order valence-electron chi connectivity index (χ3n) is 7.79. The van der Waals surface area contributed by atoms with Crippen LogP contribution in [-0.4, -0.2) is 65.5 Å². The summed E-state index contributed by atoms with van der Waals surface area (Å²) in [4.78, 5) is 52.8. The summed E-state index contributed by atoms with van der Waals surface area (Å²) in [5.74, 6) is -2.43. The number of nitrogens with one attached hydrogen (secondary N) is 3. The van der Waals surface area contributed by atoms with Gasteiger partial charge in [0.1, 0.15) is 0 Å². The molecule has 2 fully saturated rings. The SMILES string of the molecule is C[C@](NC(=O)c1ccc(-c2ccccc2)cc1)(NC(=O)[C@@H]1CCCN(C(=O)CCC2CCNCC2)C1)C(=O)O. The lowest BCUT2D eigenvalue weighted by Gasteiger charge is -2.35. The monoisotopic (exact) mass is 534 g/mol. The molecule has 0 unspecified atom stereocenters. The Balaban J connectivity index is 1.34. The zero-order chi connectivity index (χ0) is 27.8. The Bertz CT molecular complexity index is 1160. The molecule has 0 radical (unpaired) electrons. The van der Waals surface area contributed by atoms with E-state index in [1.807, 2.05) is 30.3 Å². The minimum Gasteiger partial charge on any atom is -0.478 e. The van der Waals surface area contributed by atoms with Crippen molar-refractivity contribution in [3.63, 3.8) is 0 Å². The Morgan fingerprint density at radius 3 is 2.28 bits per heavy atom. The summed E-state index contributed by atoms with van der Waals surface area (Å²) in [5.41, 5.74) is 0.194. The Labute approximate surface area is 229 Å². The van der Waals surface area contributed by atoms with Crippen LogP contribution in [0.25, 0.3) is 11.1 Å². The number of hydrogen-bond acceptors (Lipinski definition) is 5. The number of nitrogens with zero attached hydrogens (tertiary/aromatic N) is 1. The van der Waals surface area contributed by atoms with Gasteiger partial charge in [0.2, 0.25) is 17.5 Å². The van der Waals surface area contributed by atoms with Crippen LogP contribution in [0.4, 0.5) is 0 Å². The van der Waals surface area contributed by atoms with E-state index in [0.29, 0.717) is 31.7 Å². The van der Waals surface area contributed by atoms with Gasteiger partial charge in [-0.1, -0.05) is 42.5 Å². The fourth-order valence-electron chi connectivity index (χ4n) is 5.30. The molecule has 0 aliphatic carbocycles. The molecule has 9 heteroatoms. The summed E-state index contributed by atoms with van der Waals surface area (Å²) in [7, 11) is 0. The summed E-state index contributed by atoms with van der Waals surface area (Å²) < 4.78 is 0. The van der Waals surface area contributed by atoms with Crippen LogP contribution in [0.3, 0.4) is 0 Å². The third-order valence-corrected chi connectivity index (χ3v) is 7.79. The number of piperidine rings is 2. The van der Waals surface area contributed by atoms with Crippen LogP contribution in [0.2, 0.25) is 0 Å². The van der Waals surface area contributed by atoms with Gasteiger partial charge in [0.05, 0.1) is 5.92 Å². The number of rotatable bonds is 9. The van der Waals surface area contributed by atoms with Gasteiger partial charge in [-0.3, -0.25) is 14.4 Å². The molecule has 39 heavy (non-hydrogen) atoms. The Kier molecular flexibility index (Phi) is 9.35. The summed E-state index contributed by atoms with van der Waals surface area (Å²) in [6.07, 6.45) is 4.69. The van der Waals surface area contributed by atoms with E-state index in [4.69, 9.17) is 0 Å². The van der Waals surface area contributed by atoms with Crippen LogP contribution in [0.5, 0.6) is 0 Å². The zero-order valence-electron chi connectivity index (χ0n) is 22.4. The second kappa shape index (κ2) is 12.9. The fourth-order valence-corrected chi connectivity index (χ4v) is 5.30. The highest BCUT2D eigenvalue weighted by Gasteiger charge is 2.39. The molecule has 208 valence electrons. The molecule has 2 saturated heterocycles. The van der Waals surface area contributed by atoms with Crippen molar-refractivity contribution in [2.45, 2.75) is 51.1 Å². The second-order valence-electron chi connectivity index (χ2n) is 10.7. The lowest BCUT2D eigenvalue weighted by atomic mass is 9.92. The maximum absolute atomic E-state index is 13.1. The molecular formula is C30H38N4O5. The van der Waals surface area contributed by atoms with Crippen molar-refractivity contribution < 1.29 is 24.3 Å². The molecule has 2 aliphatic rings. The van der Waals surface area contributed by atoms with Crippen LogP contribution >= 0.6 is 0 Å². The van der Waals surface area contributed by atoms with E-state index < -0.39 is 29.4 Å². The minimum absolute atomic E-state index is 0.0410. The number of carboxylic acid groups (broad SMARTS) is 1. The summed E-state index contributed by atoms with van der Waals surface area (Å²) in [6.45, 7) is 4.09. The highest BCUT2D eigenvalue weighted by molar-refractivity contribution is 5.99. The van der Waals surface area contributed by atoms with Gasteiger partial charge in [0.25, 0.3) is 5.91 Å². The van der Waals surface area contributed by atoms with Crippen molar-refractivity contribution >= 4 is 23.7 Å². The van der Waals surface area contributed by atoms with Gasteiger partial charge in [-0.2, -0.15) is 0 Å². The van der Waals surface area contributed by atoms with E-state index in [9.17, 15) is 24.3 Å². The highest BCUT2D eigenvalue weighted by Crippen LogP contribution is 2.23. The number of carbonyl (C=O) groups excluding carboxylic acids is 3. The van der Waals surface area contributed by atoms with Crippen LogP contribution in [-0.2, 0) is 14.4 Å². The molecule has 2 aromatic carbocycles. The maximum atomic E-state index is 13.1. The quantitative estimate of drug-likeness (QED) is 0.366. The molecule has 4 N–H and O–H groups in total. The molecule has 2 heterocycles. The van der Waals surface area contributed by atoms with Crippen molar-refractivity contribution in [2.75, 3.05) is 26.2 Å². The Morgan fingerprint density at radius 2 is 1.62 bits per heavy atom. The number of benzene rings is 2. The molecule has 3 amide bonds. The van der Waals surface area contributed by atoms with Gasteiger partial charge >= 0.3 is 5.97 Å². The average molecular weight is 535 g/mol. The minimum atomic E-state index is -2.01. The van der Waals surface area contributed by atoms with Gasteiger partial charge in [-0.05, 0) is 81.3 Å². The predicted octanol–water partition coefficient (Wildman–Crippen LogP) is 3.02. The first-order chi connectivity index (χ1) is 18.7. The first-order valence-corrected chi connectivity index (χ1v) is 13.8. The standard InChI is InChI=1S/C30H38N4O5/c1-30(29(38)39,32-27(36)24-12-10-23(11-13-24)22-6-3-2-4-7-22)33-28(37)25-8-5-19-34(20-25)26(35)14-9-21-15-17-31-18-16-21/h2-4,6-7,10-13,21,25,31H,5,8-9,14-20H2,1H3,(H,32,36)(H,33,37)(H,38,39)/t25-,30+/m1/s1. The molecule has 9 nitrogen and oxygen atoms in total. The van der Waals surface area contributed by atoms with Gasteiger partial charge in [0, 0.05) is 25.1 Å². The van der Waals surface area contributed by atoms with Crippen molar-refractivity contribution in [3.05, 3.63) is 60.2 Å². The van der Waals surface area contributed by atoms with Crippen LogP contribution < -0.4 is 16.0 Å². The molecule has 2 atom stereocenters. The number of likely N-dealkylation sites (tertiary alicyclic amines) is 1. The molecule has 2 aliphatic heterocycles. The predicted molar refractivity (Wildman–Crippen MR) is 148 cm³/mol. The van der Waals surface area contributed by atoms with E-state index in [0.717, 1.165) is 43.5 Å². The lowest BCUT2D eigenvalue weighted by Crippen LogP contribution is -2.65. The largest absolute Gasteiger partial charge is 0.478 e. The fraction of sp³-hybridized carbons (Fsp3) is 0.467. The van der Waals surface area contributed by atoms with Crippen molar-refractivity contribution in [2.24, 2.45) is 11.8 Å². The van der Waals surface area contributed by atoms with Gasteiger partial charge < -0.3 is 26.0 Å². The molecule has 0 aromatic heterocycles. The van der Waals surface area contributed by atoms with Crippen molar-refractivity contribution in [1.82, 2.24) is 20.9 Å². The van der Waals surface area contributed by atoms with Crippen molar-refractivity contribution in [1.29, 1.82) is 0 Å². The molecule has 0 spiro atoms. The van der Waals surface area contributed by atoms with E-state index in [1.165, 1.54) is 6.92 Å². The topological polar surface area (TPSA) is 128 Å². The van der Waals surface area contributed by atoms with E-state index >= 15 is 0 Å².